The highest BCUT2D eigenvalue weighted by Gasteiger charge is 2.23. The zero-order valence-corrected chi connectivity index (χ0v) is 14.9. The summed E-state index contributed by atoms with van der Waals surface area (Å²) in [5.74, 6) is -0.149. The Morgan fingerprint density at radius 1 is 1.16 bits per heavy atom. The lowest BCUT2D eigenvalue weighted by molar-refractivity contribution is -0.385. The molecule has 0 amide bonds. The predicted octanol–water partition coefficient (Wildman–Crippen LogP) is 2.93. The number of ketones is 1. The van der Waals surface area contributed by atoms with Crippen LogP contribution in [0.4, 0.5) is 5.69 Å². The summed E-state index contributed by atoms with van der Waals surface area (Å²) >= 11 is 0. The lowest BCUT2D eigenvalue weighted by Crippen LogP contribution is -2.27. The standard InChI is InChI=1S/C17H18N2O5S/c1-12-15(5-4-6-17(12)19(21)22)11-18(3)25(23,24)16-9-7-14(8-10-16)13(2)20/h4-10H,11H2,1-3H3. The van der Waals surface area contributed by atoms with Crippen LogP contribution in [0.3, 0.4) is 0 Å². The van der Waals surface area contributed by atoms with Crippen LogP contribution in [0.25, 0.3) is 0 Å². The van der Waals surface area contributed by atoms with Gasteiger partial charge in [-0.15, -0.1) is 0 Å². The van der Waals surface area contributed by atoms with Gasteiger partial charge < -0.3 is 0 Å². The third-order valence-corrected chi connectivity index (χ3v) is 5.79. The summed E-state index contributed by atoms with van der Waals surface area (Å²) in [5.41, 5.74) is 1.37. The van der Waals surface area contributed by atoms with Gasteiger partial charge in [0.25, 0.3) is 5.69 Å². The van der Waals surface area contributed by atoms with Crippen molar-refractivity contribution in [3.8, 4) is 0 Å². The molecule has 0 heterocycles. The number of nitrogens with zero attached hydrogens (tertiary/aromatic N) is 2. The molecule has 0 saturated heterocycles. The molecule has 0 aliphatic carbocycles. The van der Waals surface area contributed by atoms with Crippen LogP contribution in [-0.4, -0.2) is 30.5 Å². The number of benzene rings is 2. The lowest BCUT2D eigenvalue weighted by Gasteiger charge is -2.18. The number of sulfonamides is 1. The van der Waals surface area contributed by atoms with Crippen LogP contribution in [0.1, 0.15) is 28.4 Å². The summed E-state index contributed by atoms with van der Waals surface area (Å²) in [6, 6.07) is 10.2. The summed E-state index contributed by atoms with van der Waals surface area (Å²) in [7, 11) is -2.37. The molecule has 0 aromatic heterocycles. The molecule has 2 aromatic carbocycles. The van der Waals surface area contributed by atoms with E-state index in [9.17, 15) is 23.3 Å². The van der Waals surface area contributed by atoms with Gasteiger partial charge in [-0.1, -0.05) is 24.3 Å². The highest BCUT2D eigenvalue weighted by atomic mass is 32.2. The zero-order chi connectivity index (χ0) is 18.8. The van der Waals surface area contributed by atoms with E-state index in [4.69, 9.17) is 0 Å². The summed E-state index contributed by atoms with van der Waals surface area (Å²) in [5, 5.41) is 11.0. The molecular weight excluding hydrogens is 344 g/mol. The van der Waals surface area contributed by atoms with Crippen molar-refractivity contribution in [2.45, 2.75) is 25.3 Å². The fraction of sp³-hybridized carbons (Fsp3) is 0.235. The molecule has 8 heteroatoms. The summed E-state index contributed by atoms with van der Waals surface area (Å²) in [6.07, 6.45) is 0. The van der Waals surface area contributed by atoms with Crippen molar-refractivity contribution in [2.75, 3.05) is 7.05 Å². The first-order valence-corrected chi connectivity index (χ1v) is 8.89. The van der Waals surface area contributed by atoms with Gasteiger partial charge in [-0.3, -0.25) is 14.9 Å². The molecule has 0 atom stereocenters. The number of carbonyl (C=O) groups excluding carboxylic acids is 1. The Labute approximate surface area is 146 Å². The second kappa shape index (κ2) is 7.12. The van der Waals surface area contributed by atoms with Crippen LogP contribution >= 0.6 is 0 Å². The van der Waals surface area contributed by atoms with Crippen LogP contribution in [-0.2, 0) is 16.6 Å². The minimum absolute atomic E-state index is 0.00427. The highest BCUT2D eigenvalue weighted by molar-refractivity contribution is 7.89. The van der Waals surface area contributed by atoms with Crippen molar-refractivity contribution in [2.24, 2.45) is 0 Å². The molecule has 0 aliphatic rings. The maximum absolute atomic E-state index is 12.7. The number of nitro groups is 1. The average molecular weight is 362 g/mol. The van der Waals surface area contributed by atoms with Crippen LogP contribution in [0.5, 0.6) is 0 Å². The molecular formula is C17H18N2O5S. The van der Waals surface area contributed by atoms with E-state index in [1.54, 1.807) is 13.0 Å². The maximum Gasteiger partial charge on any atom is 0.272 e. The molecule has 0 radical (unpaired) electrons. The van der Waals surface area contributed by atoms with E-state index in [1.807, 2.05) is 0 Å². The van der Waals surface area contributed by atoms with Crippen LogP contribution < -0.4 is 0 Å². The number of hydrogen-bond acceptors (Lipinski definition) is 5. The number of nitro benzene ring substituents is 1. The van der Waals surface area contributed by atoms with E-state index in [0.29, 0.717) is 16.7 Å². The largest absolute Gasteiger partial charge is 0.295 e. The van der Waals surface area contributed by atoms with Crippen LogP contribution in [0.2, 0.25) is 0 Å². The third-order valence-electron chi connectivity index (χ3n) is 3.98. The Morgan fingerprint density at radius 3 is 2.28 bits per heavy atom. The van der Waals surface area contributed by atoms with E-state index < -0.39 is 14.9 Å². The van der Waals surface area contributed by atoms with Crippen LogP contribution in [0, 0.1) is 17.0 Å². The molecule has 25 heavy (non-hydrogen) atoms. The smallest absolute Gasteiger partial charge is 0.272 e. The number of rotatable bonds is 6. The van der Waals surface area contributed by atoms with E-state index >= 15 is 0 Å². The van der Waals surface area contributed by atoms with Gasteiger partial charge in [-0.05, 0) is 31.5 Å². The van der Waals surface area contributed by atoms with Crippen molar-refractivity contribution in [3.05, 3.63) is 69.3 Å². The molecule has 7 nitrogen and oxygen atoms in total. The highest BCUT2D eigenvalue weighted by Crippen LogP contribution is 2.24. The maximum atomic E-state index is 12.7. The van der Waals surface area contributed by atoms with E-state index in [-0.39, 0.29) is 22.9 Å². The molecule has 132 valence electrons. The Kier molecular flexibility index (Phi) is 5.34. The van der Waals surface area contributed by atoms with Gasteiger partial charge in [0, 0.05) is 30.8 Å². The molecule has 0 fully saturated rings. The molecule has 0 unspecified atom stereocenters. The molecule has 2 aromatic rings. The molecule has 2 rings (SSSR count). The second-order valence-corrected chi connectivity index (χ2v) is 7.70. The topological polar surface area (TPSA) is 97.6 Å². The van der Waals surface area contributed by atoms with E-state index in [2.05, 4.69) is 0 Å². The Balaban J connectivity index is 2.30. The molecule has 0 spiro atoms. The second-order valence-electron chi connectivity index (χ2n) is 5.66. The minimum Gasteiger partial charge on any atom is -0.295 e. The van der Waals surface area contributed by atoms with Gasteiger partial charge in [0.15, 0.2) is 5.78 Å². The van der Waals surface area contributed by atoms with Crippen molar-refractivity contribution in [1.82, 2.24) is 4.31 Å². The third kappa shape index (κ3) is 3.92. The first-order valence-electron chi connectivity index (χ1n) is 7.45. The number of Topliss-reactive ketones (excluding diaryl/α,β-unsaturated/α-hetero) is 1. The van der Waals surface area contributed by atoms with Crippen LogP contribution in [0.15, 0.2) is 47.4 Å². The predicted molar refractivity (Wildman–Crippen MR) is 92.9 cm³/mol. The van der Waals surface area contributed by atoms with Gasteiger partial charge in [-0.25, -0.2) is 8.42 Å². The summed E-state index contributed by atoms with van der Waals surface area (Å²) in [6.45, 7) is 3.00. The molecule has 0 aliphatic heterocycles. The number of carbonyl (C=O) groups is 1. The molecule has 0 saturated carbocycles. The van der Waals surface area contributed by atoms with Crippen molar-refractivity contribution in [3.63, 3.8) is 0 Å². The average Bonchev–Trinajstić information content (AvgIpc) is 2.56. The van der Waals surface area contributed by atoms with Gasteiger partial charge in [0.1, 0.15) is 0 Å². The number of hydrogen-bond donors (Lipinski definition) is 0. The normalized spacial score (nSPS) is 11.5. The Morgan fingerprint density at radius 2 is 1.76 bits per heavy atom. The van der Waals surface area contributed by atoms with E-state index in [1.165, 1.54) is 50.4 Å². The van der Waals surface area contributed by atoms with E-state index in [0.717, 1.165) is 4.31 Å². The van der Waals surface area contributed by atoms with Gasteiger partial charge in [-0.2, -0.15) is 4.31 Å². The molecule has 0 bridgehead atoms. The quantitative estimate of drug-likeness (QED) is 0.447. The fourth-order valence-corrected chi connectivity index (χ4v) is 3.55. The zero-order valence-electron chi connectivity index (χ0n) is 14.1. The minimum atomic E-state index is -3.78. The van der Waals surface area contributed by atoms with Gasteiger partial charge >= 0.3 is 0 Å². The van der Waals surface area contributed by atoms with Gasteiger partial charge in [0.05, 0.1) is 9.82 Å². The van der Waals surface area contributed by atoms with Crippen molar-refractivity contribution in [1.29, 1.82) is 0 Å². The first-order chi connectivity index (χ1) is 11.6. The summed E-state index contributed by atoms with van der Waals surface area (Å²) < 4.78 is 26.4. The van der Waals surface area contributed by atoms with Crippen molar-refractivity contribution < 1.29 is 18.1 Å². The monoisotopic (exact) mass is 362 g/mol. The SMILES string of the molecule is CC(=O)c1ccc(S(=O)(=O)N(C)Cc2cccc([N+](=O)[O-])c2C)cc1. The lowest BCUT2D eigenvalue weighted by atomic mass is 10.1. The Bertz CT molecular complexity index is 921. The fourth-order valence-electron chi connectivity index (χ4n) is 2.41. The first kappa shape index (κ1) is 18.8. The Hall–Kier alpha value is -2.58. The summed E-state index contributed by atoms with van der Waals surface area (Å²) in [4.78, 5) is 21.9. The van der Waals surface area contributed by atoms with Crippen molar-refractivity contribution >= 4 is 21.5 Å². The molecule has 0 N–H and O–H groups in total. The van der Waals surface area contributed by atoms with Gasteiger partial charge in [0.2, 0.25) is 10.0 Å².